The van der Waals surface area contributed by atoms with Crippen LogP contribution in [-0.2, 0) is 9.53 Å². The molecule has 0 aromatic carbocycles. The Morgan fingerprint density at radius 3 is 2.64 bits per heavy atom. The molecule has 120 valence electrons. The molecule has 0 bridgehead atoms. The lowest BCUT2D eigenvalue weighted by atomic mass is 10.0. The number of ether oxygens (including phenoxy) is 1. The van der Waals surface area contributed by atoms with Crippen molar-refractivity contribution in [2.75, 3.05) is 39.4 Å². The lowest BCUT2D eigenvalue weighted by Gasteiger charge is -2.37. The maximum absolute atomic E-state index is 12.3. The second-order valence-electron chi connectivity index (χ2n) is 6.32. The van der Waals surface area contributed by atoms with Gasteiger partial charge >= 0.3 is 0 Å². The fraction of sp³-hybridized carbons (Fsp3) is 0.812. The number of rotatable bonds is 6. The zero-order valence-electron chi connectivity index (χ0n) is 13.0. The first-order chi connectivity index (χ1) is 10.7. The smallest absolute Gasteiger partial charge is 0.222 e. The minimum atomic E-state index is -0.342. The standard InChI is InChI=1S/C16H24N4O2/c1-2-3-6-16(17-18-16)7-4-15(21)20-10-8-19(9-11-20)14-5-12-22-13-14/h1,14H,3-13H2. The largest absolute Gasteiger partial charge is 0.380 e. The van der Waals surface area contributed by atoms with Crippen LogP contribution in [-0.4, -0.2) is 66.8 Å². The van der Waals surface area contributed by atoms with Crippen molar-refractivity contribution >= 4 is 5.91 Å². The zero-order chi connectivity index (χ0) is 15.4. The molecule has 0 N–H and O–H groups in total. The van der Waals surface area contributed by atoms with E-state index in [0.29, 0.717) is 25.3 Å². The van der Waals surface area contributed by atoms with Crippen molar-refractivity contribution in [3.8, 4) is 12.3 Å². The molecule has 0 spiro atoms. The van der Waals surface area contributed by atoms with E-state index in [0.717, 1.165) is 52.2 Å². The molecule has 2 saturated heterocycles. The van der Waals surface area contributed by atoms with Gasteiger partial charge in [0.05, 0.1) is 6.61 Å². The van der Waals surface area contributed by atoms with Crippen LogP contribution in [0.25, 0.3) is 0 Å². The fourth-order valence-electron chi connectivity index (χ4n) is 3.28. The molecule has 3 rings (SSSR count). The topological polar surface area (TPSA) is 57.5 Å². The monoisotopic (exact) mass is 304 g/mol. The fourth-order valence-corrected chi connectivity index (χ4v) is 3.28. The Hall–Kier alpha value is -1.45. The number of hydrogen-bond donors (Lipinski definition) is 0. The third-order valence-electron chi connectivity index (χ3n) is 4.88. The summed E-state index contributed by atoms with van der Waals surface area (Å²) >= 11 is 0. The first-order valence-corrected chi connectivity index (χ1v) is 8.19. The summed E-state index contributed by atoms with van der Waals surface area (Å²) < 4.78 is 5.44. The Kier molecular flexibility index (Phi) is 4.74. The predicted molar refractivity (Wildman–Crippen MR) is 82.3 cm³/mol. The van der Waals surface area contributed by atoms with Gasteiger partial charge in [-0.3, -0.25) is 9.69 Å². The van der Waals surface area contributed by atoms with Crippen molar-refractivity contribution in [1.82, 2.24) is 9.80 Å². The summed E-state index contributed by atoms with van der Waals surface area (Å²) in [4.78, 5) is 16.8. The van der Waals surface area contributed by atoms with Crippen LogP contribution in [0.15, 0.2) is 10.2 Å². The molecule has 1 unspecified atom stereocenters. The van der Waals surface area contributed by atoms with E-state index in [1.54, 1.807) is 0 Å². The third kappa shape index (κ3) is 3.65. The Bertz CT molecular complexity index is 465. The maximum atomic E-state index is 12.3. The van der Waals surface area contributed by atoms with Gasteiger partial charge in [-0.15, -0.1) is 12.3 Å². The molecule has 0 aliphatic carbocycles. The van der Waals surface area contributed by atoms with Crippen LogP contribution in [0.2, 0.25) is 0 Å². The summed E-state index contributed by atoms with van der Waals surface area (Å²) in [6.45, 7) is 5.26. The van der Waals surface area contributed by atoms with Crippen LogP contribution >= 0.6 is 0 Å². The molecule has 6 heteroatoms. The SMILES string of the molecule is C#CCCC1(CCC(=O)N2CCN(C3CCOC3)CC2)N=N1. The summed E-state index contributed by atoms with van der Waals surface area (Å²) in [5.74, 6) is 2.84. The summed E-state index contributed by atoms with van der Waals surface area (Å²) in [6, 6.07) is 0.549. The van der Waals surface area contributed by atoms with Crippen molar-refractivity contribution in [3.63, 3.8) is 0 Å². The Labute approximate surface area is 131 Å². The van der Waals surface area contributed by atoms with Crippen LogP contribution in [0.5, 0.6) is 0 Å². The summed E-state index contributed by atoms with van der Waals surface area (Å²) in [6.07, 6.45) is 9.06. The van der Waals surface area contributed by atoms with Gasteiger partial charge in [-0.1, -0.05) is 0 Å². The van der Waals surface area contributed by atoms with Crippen LogP contribution in [0, 0.1) is 12.3 Å². The van der Waals surface area contributed by atoms with Crippen molar-refractivity contribution in [2.24, 2.45) is 10.2 Å². The van der Waals surface area contributed by atoms with E-state index in [1.165, 1.54) is 0 Å². The zero-order valence-corrected chi connectivity index (χ0v) is 13.0. The number of nitrogens with zero attached hydrogens (tertiary/aromatic N) is 4. The average molecular weight is 304 g/mol. The Morgan fingerprint density at radius 2 is 2.05 bits per heavy atom. The van der Waals surface area contributed by atoms with E-state index in [9.17, 15) is 4.79 Å². The molecule has 0 aromatic heterocycles. The number of piperazine rings is 1. The lowest BCUT2D eigenvalue weighted by Crippen LogP contribution is -2.52. The predicted octanol–water partition coefficient (Wildman–Crippen LogP) is 1.28. The summed E-state index contributed by atoms with van der Waals surface area (Å²) in [5, 5.41) is 8.18. The van der Waals surface area contributed by atoms with Gasteiger partial charge in [0.1, 0.15) is 0 Å². The second kappa shape index (κ2) is 6.76. The highest BCUT2D eigenvalue weighted by Gasteiger charge is 2.39. The summed E-state index contributed by atoms with van der Waals surface area (Å²) in [7, 11) is 0. The van der Waals surface area contributed by atoms with Gasteiger partial charge in [-0.2, -0.15) is 10.2 Å². The van der Waals surface area contributed by atoms with E-state index >= 15 is 0 Å². The molecule has 3 heterocycles. The molecule has 0 aromatic rings. The first-order valence-electron chi connectivity index (χ1n) is 8.19. The normalized spacial score (nSPS) is 26.9. The maximum Gasteiger partial charge on any atom is 0.222 e. The molecular weight excluding hydrogens is 280 g/mol. The van der Waals surface area contributed by atoms with E-state index in [2.05, 4.69) is 21.0 Å². The highest BCUT2D eigenvalue weighted by molar-refractivity contribution is 5.76. The van der Waals surface area contributed by atoms with Crippen LogP contribution in [0.4, 0.5) is 0 Å². The van der Waals surface area contributed by atoms with E-state index in [-0.39, 0.29) is 11.6 Å². The highest BCUT2D eigenvalue weighted by atomic mass is 16.5. The molecule has 3 aliphatic rings. The van der Waals surface area contributed by atoms with Crippen LogP contribution in [0.1, 0.15) is 32.1 Å². The van der Waals surface area contributed by atoms with Crippen molar-refractivity contribution in [1.29, 1.82) is 0 Å². The van der Waals surface area contributed by atoms with Crippen molar-refractivity contribution < 1.29 is 9.53 Å². The Balaban J connectivity index is 1.38. The molecule has 0 saturated carbocycles. The molecule has 0 radical (unpaired) electrons. The van der Waals surface area contributed by atoms with E-state index in [1.807, 2.05) is 4.90 Å². The molecule has 3 aliphatic heterocycles. The average Bonchev–Trinajstić information content (AvgIpc) is 3.11. The Morgan fingerprint density at radius 1 is 1.27 bits per heavy atom. The van der Waals surface area contributed by atoms with Gasteiger partial charge in [-0.25, -0.2) is 0 Å². The van der Waals surface area contributed by atoms with Gasteiger partial charge in [0, 0.05) is 64.5 Å². The number of terminal acetylenes is 1. The highest BCUT2D eigenvalue weighted by Crippen LogP contribution is 2.37. The number of carbonyl (C=O) groups excluding carboxylic acids is 1. The number of carbonyl (C=O) groups is 1. The first kappa shape index (κ1) is 15.4. The van der Waals surface area contributed by atoms with E-state index < -0.39 is 0 Å². The van der Waals surface area contributed by atoms with Crippen molar-refractivity contribution in [2.45, 2.75) is 43.8 Å². The second-order valence-corrected chi connectivity index (χ2v) is 6.32. The molecule has 22 heavy (non-hydrogen) atoms. The van der Waals surface area contributed by atoms with Crippen LogP contribution < -0.4 is 0 Å². The van der Waals surface area contributed by atoms with Gasteiger partial charge in [0.25, 0.3) is 0 Å². The molecule has 1 atom stereocenters. The van der Waals surface area contributed by atoms with E-state index in [4.69, 9.17) is 11.2 Å². The van der Waals surface area contributed by atoms with Gasteiger partial charge in [0.15, 0.2) is 5.66 Å². The molecule has 2 fully saturated rings. The summed E-state index contributed by atoms with van der Waals surface area (Å²) in [5.41, 5.74) is -0.342. The van der Waals surface area contributed by atoms with Crippen molar-refractivity contribution in [3.05, 3.63) is 0 Å². The number of hydrogen-bond acceptors (Lipinski definition) is 5. The molecule has 1 amide bonds. The quantitative estimate of drug-likeness (QED) is 0.695. The minimum Gasteiger partial charge on any atom is -0.380 e. The van der Waals surface area contributed by atoms with Gasteiger partial charge < -0.3 is 9.64 Å². The van der Waals surface area contributed by atoms with Crippen LogP contribution in [0.3, 0.4) is 0 Å². The van der Waals surface area contributed by atoms with Gasteiger partial charge in [-0.05, 0) is 6.42 Å². The molecular formula is C16H24N4O2. The number of amides is 1. The van der Waals surface area contributed by atoms with Gasteiger partial charge in [0.2, 0.25) is 5.91 Å². The lowest BCUT2D eigenvalue weighted by molar-refractivity contribution is -0.133. The minimum absolute atomic E-state index is 0.222. The molecule has 6 nitrogen and oxygen atoms in total. The third-order valence-corrected chi connectivity index (χ3v) is 4.88.